The lowest BCUT2D eigenvalue weighted by Gasteiger charge is -2.21. The number of fused-ring (bicyclic) bond motifs is 1. The van der Waals surface area contributed by atoms with Crippen molar-refractivity contribution in [1.29, 1.82) is 0 Å². The average Bonchev–Trinajstić information content (AvgIpc) is 2.84. The Bertz CT molecular complexity index is 617. The highest BCUT2D eigenvalue weighted by molar-refractivity contribution is 7.99. The summed E-state index contributed by atoms with van der Waals surface area (Å²) in [6.45, 7) is 0.502. The number of aryl methyl sites for hydroxylation is 1. The van der Waals surface area contributed by atoms with Crippen molar-refractivity contribution in [2.45, 2.75) is 37.5 Å². The number of hydrogen-bond acceptors (Lipinski definition) is 3. The SMILES string of the molecule is O=C(O)CCn1c(C2CCCCS2)nc2ccccc21. The minimum absolute atomic E-state index is 0.144. The topological polar surface area (TPSA) is 55.1 Å². The van der Waals surface area contributed by atoms with Gasteiger partial charge >= 0.3 is 5.97 Å². The lowest BCUT2D eigenvalue weighted by Crippen LogP contribution is -2.12. The van der Waals surface area contributed by atoms with Crippen LogP contribution in [0.5, 0.6) is 0 Å². The minimum atomic E-state index is -0.759. The molecule has 0 saturated carbocycles. The van der Waals surface area contributed by atoms with Crippen LogP contribution in [-0.4, -0.2) is 26.4 Å². The van der Waals surface area contributed by atoms with Gasteiger partial charge in [-0.25, -0.2) is 4.98 Å². The number of nitrogens with zero attached hydrogens (tertiary/aromatic N) is 2. The van der Waals surface area contributed by atoms with Gasteiger partial charge in [-0.15, -0.1) is 0 Å². The van der Waals surface area contributed by atoms with Crippen molar-refractivity contribution < 1.29 is 9.90 Å². The number of imidazole rings is 1. The van der Waals surface area contributed by atoms with E-state index in [0.717, 1.165) is 23.3 Å². The summed E-state index contributed by atoms with van der Waals surface area (Å²) in [6.07, 6.45) is 3.79. The zero-order valence-electron chi connectivity index (χ0n) is 11.3. The van der Waals surface area contributed by atoms with Crippen molar-refractivity contribution in [3.8, 4) is 0 Å². The van der Waals surface area contributed by atoms with E-state index in [0.29, 0.717) is 11.8 Å². The summed E-state index contributed by atoms with van der Waals surface area (Å²) in [5.41, 5.74) is 2.02. The largest absolute Gasteiger partial charge is 0.481 e. The molecule has 1 aliphatic rings. The molecule has 0 bridgehead atoms. The molecule has 0 radical (unpaired) electrons. The fraction of sp³-hybridized carbons (Fsp3) is 0.467. The van der Waals surface area contributed by atoms with Gasteiger partial charge in [0.25, 0.3) is 0 Å². The third-order valence-corrected chi connectivity index (χ3v) is 5.07. The second-order valence-electron chi connectivity index (χ2n) is 5.11. The van der Waals surface area contributed by atoms with Crippen LogP contribution < -0.4 is 0 Å². The molecular formula is C15H18N2O2S. The molecule has 3 rings (SSSR count). The van der Waals surface area contributed by atoms with Gasteiger partial charge in [0.15, 0.2) is 0 Å². The van der Waals surface area contributed by atoms with Crippen LogP contribution in [0.25, 0.3) is 11.0 Å². The Balaban J connectivity index is 1.99. The van der Waals surface area contributed by atoms with Gasteiger partial charge in [-0.1, -0.05) is 18.6 Å². The Morgan fingerprint density at radius 1 is 1.40 bits per heavy atom. The van der Waals surface area contributed by atoms with Gasteiger partial charge in [-0.2, -0.15) is 11.8 Å². The van der Waals surface area contributed by atoms with Crippen LogP contribution in [0.1, 0.15) is 36.8 Å². The number of benzene rings is 1. The molecular weight excluding hydrogens is 272 g/mol. The predicted molar refractivity (Wildman–Crippen MR) is 81.0 cm³/mol. The second-order valence-corrected chi connectivity index (χ2v) is 6.42. The van der Waals surface area contributed by atoms with Gasteiger partial charge in [-0.05, 0) is 30.7 Å². The molecule has 1 atom stereocenters. The molecule has 2 aromatic rings. The number of carboxylic acids is 1. The monoisotopic (exact) mass is 290 g/mol. The summed E-state index contributed by atoms with van der Waals surface area (Å²) in [6, 6.07) is 8.00. The van der Waals surface area contributed by atoms with Crippen molar-refractivity contribution in [2.75, 3.05) is 5.75 Å². The molecule has 4 nitrogen and oxygen atoms in total. The van der Waals surface area contributed by atoms with E-state index in [1.54, 1.807) is 0 Å². The normalized spacial score (nSPS) is 19.3. The van der Waals surface area contributed by atoms with Gasteiger partial charge in [0.2, 0.25) is 0 Å². The van der Waals surface area contributed by atoms with Crippen molar-refractivity contribution in [3.05, 3.63) is 30.1 Å². The number of aromatic nitrogens is 2. The van der Waals surface area contributed by atoms with E-state index in [1.165, 1.54) is 18.6 Å². The van der Waals surface area contributed by atoms with Gasteiger partial charge in [0, 0.05) is 6.54 Å². The van der Waals surface area contributed by atoms with Crippen molar-refractivity contribution in [1.82, 2.24) is 9.55 Å². The smallest absolute Gasteiger partial charge is 0.305 e. The van der Waals surface area contributed by atoms with Crippen LogP contribution in [-0.2, 0) is 11.3 Å². The molecule has 1 aromatic carbocycles. The first-order chi connectivity index (χ1) is 9.75. The molecule has 0 amide bonds. The summed E-state index contributed by atoms with van der Waals surface area (Å²) >= 11 is 1.95. The zero-order chi connectivity index (χ0) is 13.9. The maximum absolute atomic E-state index is 10.9. The van der Waals surface area contributed by atoms with Crippen LogP contribution in [0.2, 0.25) is 0 Å². The number of rotatable bonds is 4. The van der Waals surface area contributed by atoms with Gasteiger partial charge in [0.05, 0.1) is 22.7 Å². The van der Waals surface area contributed by atoms with E-state index in [4.69, 9.17) is 10.1 Å². The van der Waals surface area contributed by atoms with Gasteiger partial charge in [-0.3, -0.25) is 4.79 Å². The standard InChI is InChI=1S/C15H18N2O2S/c18-14(19)8-9-17-12-6-2-1-5-11(12)16-15(17)13-7-3-4-10-20-13/h1-2,5-6,13H,3-4,7-10H2,(H,18,19). The number of carboxylic acid groups (broad SMARTS) is 1. The quantitative estimate of drug-likeness (QED) is 0.936. The van der Waals surface area contributed by atoms with Crippen LogP contribution in [0.15, 0.2) is 24.3 Å². The summed E-state index contributed by atoms with van der Waals surface area (Å²) in [4.78, 5) is 15.6. The maximum atomic E-state index is 10.9. The number of hydrogen-bond donors (Lipinski definition) is 1. The van der Waals surface area contributed by atoms with E-state index < -0.39 is 5.97 Å². The van der Waals surface area contributed by atoms with E-state index in [9.17, 15) is 4.79 Å². The third-order valence-electron chi connectivity index (χ3n) is 3.70. The van der Waals surface area contributed by atoms with Crippen molar-refractivity contribution in [2.24, 2.45) is 0 Å². The summed E-state index contributed by atoms with van der Waals surface area (Å²) < 4.78 is 2.10. The molecule has 1 aromatic heterocycles. The average molecular weight is 290 g/mol. The predicted octanol–water partition coefficient (Wildman–Crippen LogP) is 3.47. The van der Waals surface area contributed by atoms with E-state index in [-0.39, 0.29) is 6.42 Å². The lowest BCUT2D eigenvalue weighted by molar-refractivity contribution is -0.137. The molecule has 0 spiro atoms. The Hall–Kier alpha value is -1.49. The van der Waals surface area contributed by atoms with Gasteiger partial charge in [0.1, 0.15) is 5.82 Å². The minimum Gasteiger partial charge on any atom is -0.481 e. The Kier molecular flexibility index (Phi) is 3.96. The molecule has 20 heavy (non-hydrogen) atoms. The second kappa shape index (κ2) is 5.87. The van der Waals surface area contributed by atoms with E-state index in [1.807, 2.05) is 36.0 Å². The van der Waals surface area contributed by atoms with Crippen molar-refractivity contribution in [3.63, 3.8) is 0 Å². The first-order valence-electron chi connectivity index (χ1n) is 7.04. The molecule has 1 saturated heterocycles. The molecule has 5 heteroatoms. The summed E-state index contributed by atoms with van der Waals surface area (Å²) in [5, 5.41) is 9.35. The Morgan fingerprint density at radius 2 is 2.25 bits per heavy atom. The molecule has 1 aliphatic heterocycles. The molecule has 1 unspecified atom stereocenters. The van der Waals surface area contributed by atoms with E-state index in [2.05, 4.69) is 4.57 Å². The van der Waals surface area contributed by atoms with Gasteiger partial charge < -0.3 is 9.67 Å². The highest BCUT2D eigenvalue weighted by Crippen LogP contribution is 2.39. The third kappa shape index (κ3) is 2.68. The maximum Gasteiger partial charge on any atom is 0.305 e. The summed E-state index contributed by atoms with van der Waals surface area (Å²) in [5.74, 6) is 1.47. The Labute approximate surface area is 122 Å². The highest BCUT2D eigenvalue weighted by Gasteiger charge is 2.23. The fourth-order valence-electron chi connectivity index (χ4n) is 2.73. The zero-order valence-corrected chi connectivity index (χ0v) is 12.1. The number of carbonyl (C=O) groups is 1. The summed E-state index contributed by atoms with van der Waals surface area (Å²) in [7, 11) is 0. The highest BCUT2D eigenvalue weighted by atomic mass is 32.2. The van der Waals surface area contributed by atoms with Crippen LogP contribution in [0.3, 0.4) is 0 Å². The molecule has 1 fully saturated rings. The molecule has 106 valence electrons. The molecule has 1 N–H and O–H groups in total. The van der Waals surface area contributed by atoms with E-state index >= 15 is 0 Å². The molecule has 0 aliphatic carbocycles. The van der Waals surface area contributed by atoms with Crippen LogP contribution >= 0.6 is 11.8 Å². The number of thioether (sulfide) groups is 1. The van der Waals surface area contributed by atoms with Crippen LogP contribution in [0, 0.1) is 0 Å². The van der Waals surface area contributed by atoms with Crippen LogP contribution in [0.4, 0.5) is 0 Å². The first kappa shape index (κ1) is 13.5. The number of para-hydroxylation sites is 2. The lowest BCUT2D eigenvalue weighted by atomic mass is 10.2. The first-order valence-corrected chi connectivity index (χ1v) is 8.09. The molecule has 2 heterocycles. The van der Waals surface area contributed by atoms with Crippen molar-refractivity contribution >= 4 is 28.8 Å². The fourth-order valence-corrected chi connectivity index (χ4v) is 4.04. The number of aliphatic carboxylic acids is 1. The Morgan fingerprint density at radius 3 is 3.00 bits per heavy atom.